The molecule has 0 aliphatic heterocycles. The monoisotopic (exact) mass is 290 g/mol. The quantitative estimate of drug-likeness (QED) is 0.683. The molecule has 0 saturated heterocycles. The summed E-state index contributed by atoms with van der Waals surface area (Å²) >= 11 is 0. The standard InChI is InChI=1S/C20H22N2/c1-12-10-14(3)18(15(4)11-12)20-19(21-16(5)22-20)17-9-7-6-8-13(17)2/h6-11H,1-5H3,(H,21,22). The molecule has 0 unspecified atom stereocenters. The van der Waals surface area contributed by atoms with Crippen molar-refractivity contribution in [2.75, 3.05) is 0 Å². The maximum absolute atomic E-state index is 4.77. The van der Waals surface area contributed by atoms with E-state index in [0.717, 1.165) is 17.2 Å². The fourth-order valence-corrected chi connectivity index (χ4v) is 3.28. The number of hydrogen-bond acceptors (Lipinski definition) is 1. The van der Waals surface area contributed by atoms with E-state index in [2.05, 4.69) is 69.1 Å². The van der Waals surface area contributed by atoms with Crippen LogP contribution in [-0.2, 0) is 0 Å². The van der Waals surface area contributed by atoms with Crippen LogP contribution in [0.3, 0.4) is 0 Å². The minimum absolute atomic E-state index is 0.952. The Morgan fingerprint density at radius 1 is 0.818 bits per heavy atom. The third-order valence-corrected chi connectivity index (χ3v) is 4.15. The van der Waals surface area contributed by atoms with Gasteiger partial charge in [0.15, 0.2) is 0 Å². The van der Waals surface area contributed by atoms with Gasteiger partial charge in [-0.1, -0.05) is 42.0 Å². The Hall–Kier alpha value is -2.35. The summed E-state index contributed by atoms with van der Waals surface area (Å²) in [6.07, 6.45) is 0. The summed E-state index contributed by atoms with van der Waals surface area (Å²) in [5, 5.41) is 0. The van der Waals surface area contributed by atoms with Gasteiger partial charge in [0.25, 0.3) is 0 Å². The number of rotatable bonds is 2. The zero-order valence-electron chi connectivity index (χ0n) is 13.9. The summed E-state index contributed by atoms with van der Waals surface area (Å²) in [7, 11) is 0. The van der Waals surface area contributed by atoms with Gasteiger partial charge in [0.05, 0.1) is 11.4 Å². The molecule has 0 atom stereocenters. The van der Waals surface area contributed by atoms with Gasteiger partial charge in [0, 0.05) is 11.1 Å². The van der Waals surface area contributed by atoms with Gasteiger partial charge in [-0.05, 0) is 51.3 Å². The Morgan fingerprint density at radius 2 is 1.45 bits per heavy atom. The molecule has 0 saturated carbocycles. The number of imidazole rings is 1. The van der Waals surface area contributed by atoms with Crippen molar-refractivity contribution >= 4 is 0 Å². The number of aromatic amines is 1. The minimum atomic E-state index is 0.952. The molecule has 22 heavy (non-hydrogen) atoms. The van der Waals surface area contributed by atoms with Crippen LogP contribution in [0.2, 0.25) is 0 Å². The van der Waals surface area contributed by atoms with Crippen LogP contribution in [0.15, 0.2) is 36.4 Å². The predicted octanol–water partition coefficient (Wildman–Crippen LogP) is 5.29. The predicted molar refractivity (Wildman–Crippen MR) is 93.1 cm³/mol. The molecule has 0 amide bonds. The topological polar surface area (TPSA) is 28.7 Å². The number of hydrogen-bond donors (Lipinski definition) is 1. The number of nitrogens with zero attached hydrogens (tertiary/aromatic N) is 1. The molecule has 2 nitrogen and oxygen atoms in total. The Kier molecular flexibility index (Phi) is 3.61. The van der Waals surface area contributed by atoms with E-state index in [1.807, 2.05) is 6.92 Å². The van der Waals surface area contributed by atoms with Crippen molar-refractivity contribution in [3.8, 4) is 22.5 Å². The van der Waals surface area contributed by atoms with Crippen molar-refractivity contribution in [2.24, 2.45) is 0 Å². The lowest BCUT2D eigenvalue weighted by Crippen LogP contribution is -1.93. The van der Waals surface area contributed by atoms with E-state index in [9.17, 15) is 0 Å². The highest BCUT2D eigenvalue weighted by Crippen LogP contribution is 2.35. The number of nitrogens with one attached hydrogen (secondary N) is 1. The van der Waals surface area contributed by atoms with Crippen LogP contribution < -0.4 is 0 Å². The normalized spacial score (nSPS) is 11.0. The van der Waals surface area contributed by atoms with Gasteiger partial charge in [-0.25, -0.2) is 4.98 Å². The van der Waals surface area contributed by atoms with E-state index >= 15 is 0 Å². The molecule has 1 aromatic heterocycles. The Balaban J connectivity index is 2.29. The van der Waals surface area contributed by atoms with Gasteiger partial charge in [-0.2, -0.15) is 0 Å². The molecule has 2 heteroatoms. The van der Waals surface area contributed by atoms with Gasteiger partial charge in [0.2, 0.25) is 0 Å². The van der Waals surface area contributed by atoms with Crippen molar-refractivity contribution in [3.05, 3.63) is 64.5 Å². The summed E-state index contributed by atoms with van der Waals surface area (Å²) in [6.45, 7) is 10.6. The number of benzene rings is 2. The van der Waals surface area contributed by atoms with Crippen LogP contribution in [0.5, 0.6) is 0 Å². The molecule has 3 aromatic rings. The first-order valence-corrected chi connectivity index (χ1v) is 7.68. The second kappa shape index (κ2) is 5.45. The first-order chi connectivity index (χ1) is 10.5. The molecule has 3 rings (SSSR count). The fraction of sp³-hybridized carbons (Fsp3) is 0.250. The smallest absolute Gasteiger partial charge is 0.104 e. The van der Waals surface area contributed by atoms with Crippen LogP contribution in [0.25, 0.3) is 22.5 Å². The summed E-state index contributed by atoms with van der Waals surface area (Å²) < 4.78 is 0. The molecule has 1 N–H and O–H groups in total. The van der Waals surface area contributed by atoms with E-state index in [1.165, 1.54) is 33.4 Å². The molecule has 0 spiro atoms. The lowest BCUT2D eigenvalue weighted by molar-refractivity contribution is 1.15. The van der Waals surface area contributed by atoms with Gasteiger partial charge in [0.1, 0.15) is 5.82 Å². The number of H-pyrrole nitrogens is 1. The molecule has 0 radical (unpaired) electrons. The molecule has 0 aliphatic carbocycles. The van der Waals surface area contributed by atoms with Crippen LogP contribution in [0, 0.1) is 34.6 Å². The second-order valence-corrected chi connectivity index (χ2v) is 6.13. The molecule has 0 aliphatic rings. The summed E-state index contributed by atoms with van der Waals surface area (Å²) in [5.41, 5.74) is 9.76. The molecular formula is C20H22N2. The largest absolute Gasteiger partial charge is 0.342 e. The van der Waals surface area contributed by atoms with Gasteiger partial charge in [-0.15, -0.1) is 0 Å². The number of aromatic nitrogens is 2. The van der Waals surface area contributed by atoms with Crippen LogP contribution in [0.4, 0.5) is 0 Å². The summed E-state index contributed by atoms with van der Waals surface area (Å²) in [5.74, 6) is 0.952. The van der Waals surface area contributed by atoms with Gasteiger partial charge >= 0.3 is 0 Å². The lowest BCUT2D eigenvalue weighted by Gasteiger charge is -2.12. The maximum Gasteiger partial charge on any atom is 0.104 e. The van der Waals surface area contributed by atoms with Gasteiger partial charge < -0.3 is 4.98 Å². The zero-order chi connectivity index (χ0) is 15.9. The minimum Gasteiger partial charge on any atom is -0.342 e. The second-order valence-electron chi connectivity index (χ2n) is 6.13. The van der Waals surface area contributed by atoms with Crippen molar-refractivity contribution in [2.45, 2.75) is 34.6 Å². The van der Waals surface area contributed by atoms with E-state index < -0.39 is 0 Å². The van der Waals surface area contributed by atoms with Crippen molar-refractivity contribution in [1.82, 2.24) is 9.97 Å². The summed E-state index contributed by atoms with van der Waals surface area (Å²) in [6, 6.07) is 12.9. The summed E-state index contributed by atoms with van der Waals surface area (Å²) in [4.78, 5) is 8.24. The van der Waals surface area contributed by atoms with Gasteiger partial charge in [-0.3, -0.25) is 0 Å². The Morgan fingerprint density at radius 3 is 2.09 bits per heavy atom. The van der Waals surface area contributed by atoms with Crippen molar-refractivity contribution in [1.29, 1.82) is 0 Å². The first kappa shape index (κ1) is 14.6. The third-order valence-electron chi connectivity index (χ3n) is 4.15. The van der Waals surface area contributed by atoms with E-state index in [-0.39, 0.29) is 0 Å². The molecule has 0 fully saturated rings. The van der Waals surface area contributed by atoms with E-state index in [0.29, 0.717) is 0 Å². The molecule has 1 heterocycles. The van der Waals surface area contributed by atoms with Crippen molar-refractivity contribution < 1.29 is 0 Å². The number of aryl methyl sites for hydroxylation is 5. The first-order valence-electron chi connectivity index (χ1n) is 7.68. The Labute approximate surface area is 132 Å². The van der Waals surface area contributed by atoms with Crippen LogP contribution >= 0.6 is 0 Å². The molecule has 2 aromatic carbocycles. The lowest BCUT2D eigenvalue weighted by atomic mass is 9.94. The third kappa shape index (κ3) is 2.45. The highest BCUT2D eigenvalue weighted by atomic mass is 14.9. The van der Waals surface area contributed by atoms with E-state index in [4.69, 9.17) is 4.98 Å². The zero-order valence-corrected chi connectivity index (χ0v) is 13.9. The maximum atomic E-state index is 4.77. The highest BCUT2D eigenvalue weighted by Gasteiger charge is 2.17. The van der Waals surface area contributed by atoms with Crippen LogP contribution in [-0.4, -0.2) is 9.97 Å². The fourth-order valence-electron chi connectivity index (χ4n) is 3.28. The van der Waals surface area contributed by atoms with Crippen LogP contribution in [0.1, 0.15) is 28.1 Å². The molecular weight excluding hydrogens is 268 g/mol. The average Bonchev–Trinajstić information content (AvgIpc) is 2.79. The highest BCUT2D eigenvalue weighted by molar-refractivity contribution is 5.83. The Bertz CT molecular complexity index is 818. The average molecular weight is 290 g/mol. The SMILES string of the molecule is Cc1cc(C)c(-c2[nH]c(C)nc2-c2ccccc2C)c(C)c1. The molecule has 0 bridgehead atoms. The molecule has 112 valence electrons. The van der Waals surface area contributed by atoms with Crippen molar-refractivity contribution in [3.63, 3.8) is 0 Å². The van der Waals surface area contributed by atoms with E-state index in [1.54, 1.807) is 0 Å².